The molecule has 16 heavy (non-hydrogen) atoms. The Balaban J connectivity index is 2.25. The Bertz CT molecular complexity index is 599. The third-order valence-electron chi connectivity index (χ3n) is 3.32. The van der Waals surface area contributed by atoms with Crippen molar-refractivity contribution in [3.05, 3.63) is 23.0 Å². The largest absolute Gasteiger partial charge is 0.497 e. The van der Waals surface area contributed by atoms with Crippen LogP contribution in [-0.4, -0.2) is 16.7 Å². The lowest BCUT2D eigenvalue weighted by Gasteiger charge is -2.04. The van der Waals surface area contributed by atoms with Gasteiger partial charge in [0.1, 0.15) is 5.75 Å². The van der Waals surface area contributed by atoms with Crippen molar-refractivity contribution in [2.24, 2.45) is 5.92 Å². The molecule has 84 valence electrons. The number of H-pyrrole nitrogens is 1. The van der Waals surface area contributed by atoms with Crippen LogP contribution < -0.4 is 4.74 Å². The number of aromatic nitrogens is 2. The Morgan fingerprint density at radius 2 is 2.25 bits per heavy atom. The van der Waals surface area contributed by atoms with E-state index in [1.165, 1.54) is 6.42 Å². The number of fused-ring (bicyclic) bond motifs is 1. The highest BCUT2D eigenvalue weighted by Gasteiger charge is 2.35. The average Bonchev–Trinajstić information content (AvgIpc) is 2.89. The molecule has 1 saturated carbocycles. The minimum absolute atomic E-state index is 0.563. The van der Waals surface area contributed by atoms with E-state index < -0.39 is 0 Å². The molecule has 3 nitrogen and oxygen atoms in total. The molecule has 3 rings (SSSR count). The zero-order valence-corrected chi connectivity index (χ0v) is 10.2. The van der Waals surface area contributed by atoms with Gasteiger partial charge in [-0.15, -0.1) is 0 Å². The second kappa shape index (κ2) is 3.35. The zero-order valence-electron chi connectivity index (χ0n) is 9.36. The molecule has 1 aliphatic carbocycles. The summed E-state index contributed by atoms with van der Waals surface area (Å²) in [6.45, 7) is 2.26. The van der Waals surface area contributed by atoms with Crippen molar-refractivity contribution >= 4 is 23.3 Å². The van der Waals surface area contributed by atoms with Crippen molar-refractivity contribution in [1.82, 2.24) is 9.55 Å². The first kappa shape index (κ1) is 9.90. The third kappa shape index (κ3) is 1.37. The van der Waals surface area contributed by atoms with Gasteiger partial charge in [-0.2, -0.15) is 0 Å². The van der Waals surface area contributed by atoms with E-state index in [4.69, 9.17) is 17.0 Å². The molecule has 0 bridgehead atoms. The van der Waals surface area contributed by atoms with Crippen molar-refractivity contribution in [3.8, 4) is 5.75 Å². The van der Waals surface area contributed by atoms with Crippen LogP contribution in [0.2, 0.25) is 0 Å². The van der Waals surface area contributed by atoms with Gasteiger partial charge in [0.25, 0.3) is 0 Å². The number of ether oxygens (including phenoxy) is 1. The van der Waals surface area contributed by atoms with E-state index in [9.17, 15) is 0 Å². The van der Waals surface area contributed by atoms with Gasteiger partial charge in [0, 0.05) is 12.1 Å². The summed E-state index contributed by atoms with van der Waals surface area (Å²) in [4.78, 5) is 3.24. The third-order valence-corrected chi connectivity index (χ3v) is 3.62. The normalized spacial score (nSPS) is 23.6. The molecular formula is C12H14N2OS. The Morgan fingerprint density at radius 1 is 1.50 bits per heavy atom. The van der Waals surface area contributed by atoms with E-state index in [-0.39, 0.29) is 0 Å². The molecule has 2 aromatic rings. The summed E-state index contributed by atoms with van der Waals surface area (Å²) in [5, 5.41) is 0. The molecule has 1 N–H and O–H groups in total. The smallest absolute Gasteiger partial charge is 0.178 e. The number of nitrogens with one attached hydrogen (secondary N) is 1. The molecule has 1 aromatic heterocycles. The Morgan fingerprint density at radius 3 is 2.88 bits per heavy atom. The number of methoxy groups -OCH3 is 1. The van der Waals surface area contributed by atoms with Gasteiger partial charge in [-0.05, 0) is 36.7 Å². The summed E-state index contributed by atoms with van der Waals surface area (Å²) >= 11 is 5.37. The fraction of sp³-hybridized carbons (Fsp3) is 0.417. The number of rotatable bonds is 2. The van der Waals surface area contributed by atoms with Crippen molar-refractivity contribution in [3.63, 3.8) is 0 Å². The molecule has 1 heterocycles. The molecule has 2 atom stereocenters. The fourth-order valence-corrected chi connectivity index (χ4v) is 2.56. The number of hydrogen-bond acceptors (Lipinski definition) is 2. The van der Waals surface area contributed by atoms with Crippen LogP contribution in [0.3, 0.4) is 0 Å². The van der Waals surface area contributed by atoms with E-state index in [0.29, 0.717) is 6.04 Å². The summed E-state index contributed by atoms with van der Waals surface area (Å²) in [5.74, 6) is 1.61. The van der Waals surface area contributed by atoms with Crippen LogP contribution in [0.15, 0.2) is 18.2 Å². The molecule has 1 aromatic carbocycles. The summed E-state index contributed by atoms with van der Waals surface area (Å²) in [6, 6.07) is 6.59. The first-order valence-electron chi connectivity index (χ1n) is 5.49. The Hall–Kier alpha value is -1.29. The lowest BCUT2D eigenvalue weighted by molar-refractivity contribution is 0.415. The monoisotopic (exact) mass is 234 g/mol. The summed E-state index contributed by atoms with van der Waals surface area (Å²) in [7, 11) is 1.69. The van der Waals surface area contributed by atoms with Crippen LogP contribution in [0.1, 0.15) is 19.4 Å². The lowest BCUT2D eigenvalue weighted by atomic mass is 10.3. The second-order valence-electron chi connectivity index (χ2n) is 4.46. The Kier molecular flexibility index (Phi) is 2.07. The van der Waals surface area contributed by atoms with Crippen molar-refractivity contribution < 1.29 is 4.74 Å². The van der Waals surface area contributed by atoms with Gasteiger partial charge in [-0.3, -0.25) is 0 Å². The van der Waals surface area contributed by atoms with Gasteiger partial charge < -0.3 is 14.3 Å². The van der Waals surface area contributed by atoms with E-state index in [1.807, 2.05) is 18.2 Å². The van der Waals surface area contributed by atoms with Crippen LogP contribution in [-0.2, 0) is 0 Å². The molecule has 0 radical (unpaired) electrons. The van der Waals surface area contributed by atoms with Gasteiger partial charge in [-0.25, -0.2) is 0 Å². The number of aromatic amines is 1. The van der Waals surface area contributed by atoms with Crippen LogP contribution in [0.5, 0.6) is 5.75 Å². The van der Waals surface area contributed by atoms with Gasteiger partial charge in [-0.1, -0.05) is 6.92 Å². The van der Waals surface area contributed by atoms with Crippen molar-refractivity contribution in [2.75, 3.05) is 7.11 Å². The minimum atomic E-state index is 0.563. The predicted octanol–water partition coefficient (Wildman–Crippen LogP) is 3.29. The van der Waals surface area contributed by atoms with Gasteiger partial charge in [0.05, 0.1) is 18.1 Å². The molecule has 0 amide bonds. The molecule has 0 aliphatic heterocycles. The molecule has 2 unspecified atom stereocenters. The molecule has 0 saturated heterocycles. The van der Waals surface area contributed by atoms with E-state index >= 15 is 0 Å². The maximum atomic E-state index is 5.37. The molecule has 1 fully saturated rings. The van der Waals surface area contributed by atoms with Crippen molar-refractivity contribution in [2.45, 2.75) is 19.4 Å². The zero-order chi connectivity index (χ0) is 11.3. The van der Waals surface area contributed by atoms with Crippen LogP contribution in [0.4, 0.5) is 0 Å². The Labute approximate surface area is 99.0 Å². The SMILES string of the molecule is COc1ccc2[nH]c(=S)n(C3CC3C)c2c1. The van der Waals surface area contributed by atoms with E-state index in [1.54, 1.807) is 7.11 Å². The van der Waals surface area contributed by atoms with Gasteiger partial charge in [0.2, 0.25) is 0 Å². The summed E-state index contributed by atoms with van der Waals surface area (Å²) < 4.78 is 8.29. The van der Waals surface area contributed by atoms with E-state index in [2.05, 4.69) is 16.5 Å². The molecule has 4 heteroatoms. The summed E-state index contributed by atoms with van der Waals surface area (Å²) in [6.07, 6.45) is 1.22. The summed E-state index contributed by atoms with van der Waals surface area (Å²) in [5.41, 5.74) is 2.24. The average molecular weight is 234 g/mol. The maximum Gasteiger partial charge on any atom is 0.178 e. The van der Waals surface area contributed by atoms with Crippen LogP contribution in [0, 0.1) is 10.7 Å². The van der Waals surface area contributed by atoms with Gasteiger partial charge in [0.15, 0.2) is 4.77 Å². The first-order valence-corrected chi connectivity index (χ1v) is 5.90. The molecular weight excluding hydrogens is 220 g/mol. The van der Waals surface area contributed by atoms with Gasteiger partial charge >= 0.3 is 0 Å². The second-order valence-corrected chi connectivity index (χ2v) is 4.85. The number of imidazole rings is 1. The lowest BCUT2D eigenvalue weighted by Crippen LogP contribution is -1.95. The topological polar surface area (TPSA) is 29.9 Å². The molecule has 1 aliphatic rings. The molecule has 0 spiro atoms. The highest BCUT2D eigenvalue weighted by Crippen LogP contribution is 2.44. The highest BCUT2D eigenvalue weighted by atomic mass is 32.1. The van der Waals surface area contributed by atoms with Crippen LogP contribution in [0.25, 0.3) is 11.0 Å². The highest BCUT2D eigenvalue weighted by molar-refractivity contribution is 7.71. The quantitative estimate of drug-likeness (QED) is 0.808. The first-order chi connectivity index (χ1) is 7.70. The predicted molar refractivity (Wildman–Crippen MR) is 66.5 cm³/mol. The number of benzene rings is 1. The fourth-order valence-electron chi connectivity index (χ4n) is 2.22. The standard InChI is InChI=1S/C12H14N2OS/c1-7-5-10(7)14-11-6-8(15-2)3-4-9(11)13-12(14)16/h3-4,6-7,10H,5H2,1-2H3,(H,13,16). The number of hydrogen-bond donors (Lipinski definition) is 1. The van der Waals surface area contributed by atoms with E-state index in [0.717, 1.165) is 27.5 Å². The van der Waals surface area contributed by atoms with Crippen molar-refractivity contribution in [1.29, 1.82) is 0 Å². The van der Waals surface area contributed by atoms with Crippen LogP contribution >= 0.6 is 12.2 Å². The maximum absolute atomic E-state index is 5.37. The minimum Gasteiger partial charge on any atom is -0.497 e. The number of nitrogens with zero attached hydrogens (tertiary/aromatic N) is 1.